The van der Waals surface area contributed by atoms with Gasteiger partial charge in [0.2, 0.25) is 5.91 Å². The van der Waals surface area contributed by atoms with Crippen LogP contribution in [0, 0.1) is 0 Å². The van der Waals surface area contributed by atoms with Crippen molar-refractivity contribution in [2.24, 2.45) is 0 Å². The molecule has 0 saturated heterocycles. The van der Waals surface area contributed by atoms with Crippen molar-refractivity contribution in [2.45, 2.75) is 32.5 Å². The van der Waals surface area contributed by atoms with Crippen LogP contribution in [0.3, 0.4) is 0 Å². The maximum Gasteiger partial charge on any atom is 0.227 e. The van der Waals surface area contributed by atoms with E-state index < -0.39 is 0 Å². The van der Waals surface area contributed by atoms with Gasteiger partial charge in [-0.15, -0.1) is 11.3 Å². The maximum absolute atomic E-state index is 12.9. The number of amides is 1. The molecule has 0 aliphatic carbocycles. The van der Waals surface area contributed by atoms with Gasteiger partial charge in [-0.25, -0.2) is 4.98 Å². The Morgan fingerprint density at radius 2 is 2.20 bits per heavy atom. The molecule has 1 amide bonds. The first kappa shape index (κ1) is 16.3. The van der Waals surface area contributed by atoms with Crippen molar-refractivity contribution in [2.75, 3.05) is 13.7 Å². The molecule has 1 aliphatic rings. The Kier molecular flexibility index (Phi) is 4.31. The number of nitrogens with zero attached hydrogens (tertiary/aromatic N) is 3. The van der Waals surface area contributed by atoms with Crippen LogP contribution in [-0.2, 0) is 29.1 Å². The minimum atomic E-state index is -0.0169. The van der Waals surface area contributed by atoms with Gasteiger partial charge in [-0.05, 0) is 29.3 Å². The average Bonchev–Trinajstić information content (AvgIpc) is 3.21. The summed E-state index contributed by atoms with van der Waals surface area (Å²) >= 11 is 1.70. The third kappa shape index (κ3) is 2.85. The molecule has 0 unspecified atom stereocenters. The number of fused-ring (bicyclic) bond motifs is 2. The van der Waals surface area contributed by atoms with Gasteiger partial charge >= 0.3 is 0 Å². The number of hydrogen-bond donors (Lipinski definition) is 0. The predicted molar refractivity (Wildman–Crippen MR) is 98.6 cm³/mol. The van der Waals surface area contributed by atoms with Crippen LogP contribution in [0.4, 0.5) is 0 Å². The Balaban J connectivity index is 1.54. The van der Waals surface area contributed by atoms with E-state index in [9.17, 15) is 4.79 Å². The molecule has 2 aromatic heterocycles. The summed E-state index contributed by atoms with van der Waals surface area (Å²) in [5.41, 5.74) is 2.19. The summed E-state index contributed by atoms with van der Waals surface area (Å²) in [5.74, 6) is 1.11. The lowest BCUT2D eigenvalue weighted by molar-refractivity contribution is -0.133. The minimum Gasteiger partial charge on any atom is -0.378 e. The smallest absolute Gasteiger partial charge is 0.227 e. The van der Waals surface area contributed by atoms with Gasteiger partial charge in [0, 0.05) is 24.9 Å². The minimum absolute atomic E-state index is 0.0169. The summed E-state index contributed by atoms with van der Waals surface area (Å²) in [5, 5.41) is 3.30. The second kappa shape index (κ2) is 6.61. The van der Waals surface area contributed by atoms with Crippen LogP contribution in [0.25, 0.3) is 10.1 Å². The molecule has 130 valence electrons. The van der Waals surface area contributed by atoms with Crippen molar-refractivity contribution in [1.82, 2.24) is 14.5 Å². The van der Waals surface area contributed by atoms with Crippen LogP contribution in [-0.4, -0.2) is 34.0 Å². The number of carbonyl (C=O) groups excluding carboxylic acids is 1. The highest BCUT2D eigenvalue weighted by atomic mass is 32.1. The summed E-state index contributed by atoms with van der Waals surface area (Å²) in [6, 6.07) is 8.25. The van der Waals surface area contributed by atoms with Crippen molar-refractivity contribution < 1.29 is 9.53 Å². The quantitative estimate of drug-likeness (QED) is 0.721. The van der Waals surface area contributed by atoms with Crippen LogP contribution >= 0.6 is 11.3 Å². The number of ether oxygens (including phenoxy) is 1. The zero-order valence-corrected chi connectivity index (χ0v) is 15.3. The number of aromatic nitrogens is 2. The van der Waals surface area contributed by atoms with Crippen molar-refractivity contribution >= 4 is 27.3 Å². The number of imidazole rings is 1. The van der Waals surface area contributed by atoms with E-state index in [0.29, 0.717) is 19.6 Å². The Morgan fingerprint density at radius 1 is 1.36 bits per heavy atom. The molecule has 0 bridgehead atoms. The van der Waals surface area contributed by atoms with E-state index >= 15 is 0 Å². The molecule has 0 saturated carbocycles. The SMILES string of the molecule is COCc1cnc2n1CCN(C(=O)Cc1csc3ccccc13)[C@H]2C. The standard InChI is InChI=1S/C19H21N3O2S/c1-13-19-20-10-15(11-24-2)22(19)8-7-21(13)18(23)9-14-12-25-17-6-4-3-5-16(14)17/h3-6,10,12-13H,7-9,11H2,1-2H3/t13-/m0/s1. The Morgan fingerprint density at radius 3 is 3.04 bits per heavy atom. The first-order valence-electron chi connectivity index (χ1n) is 8.47. The second-order valence-corrected chi connectivity index (χ2v) is 7.30. The molecular formula is C19H21N3O2S. The zero-order valence-electron chi connectivity index (χ0n) is 14.4. The molecule has 0 radical (unpaired) electrons. The molecule has 4 rings (SSSR count). The fourth-order valence-corrected chi connectivity index (χ4v) is 4.56. The molecule has 5 nitrogen and oxygen atoms in total. The molecule has 3 heterocycles. The summed E-state index contributed by atoms with van der Waals surface area (Å²) < 4.78 is 8.64. The molecule has 0 fully saturated rings. The number of thiophene rings is 1. The van der Waals surface area contributed by atoms with Crippen LogP contribution < -0.4 is 0 Å². The lowest BCUT2D eigenvalue weighted by atomic mass is 10.1. The molecule has 25 heavy (non-hydrogen) atoms. The lowest BCUT2D eigenvalue weighted by Crippen LogP contribution is -2.42. The number of hydrogen-bond acceptors (Lipinski definition) is 4. The Hall–Kier alpha value is -2.18. The molecule has 1 aliphatic heterocycles. The highest BCUT2D eigenvalue weighted by molar-refractivity contribution is 7.17. The summed E-state index contributed by atoms with van der Waals surface area (Å²) in [4.78, 5) is 19.4. The van der Waals surface area contributed by atoms with E-state index in [1.54, 1.807) is 18.4 Å². The molecule has 1 atom stereocenters. The third-order valence-corrected chi connectivity index (χ3v) is 5.90. The van der Waals surface area contributed by atoms with Gasteiger partial charge in [0.1, 0.15) is 5.82 Å². The number of methoxy groups -OCH3 is 1. The van der Waals surface area contributed by atoms with E-state index in [-0.39, 0.29) is 11.9 Å². The lowest BCUT2D eigenvalue weighted by Gasteiger charge is -2.34. The van der Waals surface area contributed by atoms with E-state index in [4.69, 9.17) is 4.74 Å². The van der Waals surface area contributed by atoms with Crippen LogP contribution in [0.1, 0.15) is 30.0 Å². The maximum atomic E-state index is 12.9. The second-order valence-electron chi connectivity index (χ2n) is 6.39. The average molecular weight is 355 g/mol. The largest absolute Gasteiger partial charge is 0.378 e. The molecular weight excluding hydrogens is 334 g/mol. The van der Waals surface area contributed by atoms with Crippen molar-refractivity contribution in [3.8, 4) is 0 Å². The number of benzene rings is 1. The Labute approximate surface area is 150 Å². The van der Waals surface area contributed by atoms with Crippen molar-refractivity contribution in [3.63, 3.8) is 0 Å². The van der Waals surface area contributed by atoms with Gasteiger partial charge in [-0.3, -0.25) is 4.79 Å². The topological polar surface area (TPSA) is 47.4 Å². The first-order valence-corrected chi connectivity index (χ1v) is 9.35. The molecule has 6 heteroatoms. The molecule has 0 spiro atoms. The summed E-state index contributed by atoms with van der Waals surface area (Å²) in [6.07, 6.45) is 2.30. The summed E-state index contributed by atoms with van der Waals surface area (Å²) in [6.45, 7) is 4.09. The van der Waals surface area contributed by atoms with Gasteiger partial charge in [0.25, 0.3) is 0 Å². The van der Waals surface area contributed by atoms with Crippen LogP contribution in [0.2, 0.25) is 0 Å². The number of carbonyl (C=O) groups is 1. The summed E-state index contributed by atoms with van der Waals surface area (Å²) in [7, 11) is 1.69. The van der Waals surface area contributed by atoms with Gasteiger partial charge in [-0.1, -0.05) is 18.2 Å². The van der Waals surface area contributed by atoms with Crippen LogP contribution in [0.15, 0.2) is 35.8 Å². The van der Waals surface area contributed by atoms with Gasteiger partial charge in [-0.2, -0.15) is 0 Å². The molecule has 0 N–H and O–H groups in total. The first-order chi connectivity index (χ1) is 12.2. The highest BCUT2D eigenvalue weighted by Crippen LogP contribution is 2.29. The van der Waals surface area contributed by atoms with Gasteiger partial charge in [0.15, 0.2) is 0 Å². The zero-order chi connectivity index (χ0) is 17.4. The Bertz CT molecular complexity index is 914. The van der Waals surface area contributed by atoms with Crippen LogP contribution in [0.5, 0.6) is 0 Å². The molecule has 3 aromatic rings. The highest BCUT2D eigenvalue weighted by Gasteiger charge is 2.30. The normalized spacial score (nSPS) is 17.0. The fraction of sp³-hybridized carbons (Fsp3) is 0.368. The monoisotopic (exact) mass is 355 g/mol. The molecule has 1 aromatic carbocycles. The van der Waals surface area contributed by atoms with E-state index in [0.717, 1.165) is 23.6 Å². The fourth-order valence-electron chi connectivity index (χ4n) is 3.60. The van der Waals surface area contributed by atoms with Gasteiger partial charge in [0.05, 0.1) is 31.0 Å². The van der Waals surface area contributed by atoms with E-state index in [1.165, 1.54) is 10.1 Å². The van der Waals surface area contributed by atoms with E-state index in [1.807, 2.05) is 23.2 Å². The van der Waals surface area contributed by atoms with E-state index in [2.05, 4.69) is 34.0 Å². The van der Waals surface area contributed by atoms with Crippen molar-refractivity contribution in [3.05, 3.63) is 52.9 Å². The van der Waals surface area contributed by atoms with Crippen molar-refractivity contribution in [1.29, 1.82) is 0 Å². The predicted octanol–water partition coefficient (Wildman–Crippen LogP) is 3.39. The van der Waals surface area contributed by atoms with Gasteiger partial charge < -0.3 is 14.2 Å². The third-order valence-electron chi connectivity index (χ3n) is 4.89. The number of rotatable bonds is 4.